The molecule has 1 aliphatic heterocycles. The number of hydrogen-bond donors (Lipinski definition) is 0. The van der Waals surface area contributed by atoms with Crippen molar-refractivity contribution in [3.05, 3.63) is 71.0 Å². The Morgan fingerprint density at radius 1 is 1.00 bits per heavy atom. The van der Waals surface area contributed by atoms with Crippen LogP contribution in [0.3, 0.4) is 0 Å². The van der Waals surface area contributed by atoms with Crippen LogP contribution in [0, 0.1) is 18.7 Å². The van der Waals surface area contributed by atoms with E-state index in [2.05, 4.69) is 49.9 Å². The molecule has 1 saturated heterocycles. The Morgan fingerprint density at radius 3 is 2.22 bits per heavy atom. The van der Waals surface area contributed by atoms with Gasteiger partial charge in [0.05, 0.1) is 12.2 Å². The Bertz CT molecular complexity index is 687. The average Bonchev–Trinajstić information content (AvgIpc) is 2.65. The van der Waals surface area contributed by atoms with E-state index >= 15 is 0 Å². The van der Waals surface area contributed by atoms with Crippen molar-refractivity contribution in [1.29, 1.82) is 0 Å². The van der Waals surface area contributed by atoms with E-state index in [1.54, 1.807) is 12.1 Å². The molecule has 0 spiro atoms. The Balaban J connectivity index is 1.54. The third-order valence-corrected chi connectivity index (χ3v) is 5.45. The van der Waals surface area contributed by atoms with Gasteiger partial charge in [-0.1, -0.05) is 42.0 Å². The second-order valence-corrected chi connectivity index (χ2v) is 8.16. The number of hydrogen-bond acceptors (Lipinski definition) is 2. The normalized spacial score (nSPS) is 17.4. The highest BCUT2D eigenvalue weighted by Crippen LogP contribution is 2.26. The first-order chi connectivity index (χ1) is 13.0. The SMILES string of the molecule is Cc1ccc(C(CN2CCC(Cc3ccc(F)cc3)CC2)OC(C)C)cc1. The van der Waals surface area contributed by atoms with Gasteiger partial charge in [0.15, 0.2) is 0 Å². The quantitative estimate of drug-likeness (QED) is 0.634. The van der Waals surface area contributed by atoms with Crippen LogP contribution in [0.5, 0.6) is 0 Å². The summed E-state index contributed by atoms with van der Waals surface area (Å²) in [6, 6.07) is 15.7. The highest BCUT2D eigenvalue weighted by molar-refractivity contribution is 5.23. The predicted molar refractivity (Wildman–Crippen MR) is 109 cm³/mol. The number of halogens is 1. The second-order valence-electron chi connectivity index (χ2n) is 8.16. The summed E-state index contributed by atoms with van der Waals surface area (Å²) in [6.07, 6.45) is 3.78. The highest BCUT2D eigenvalue weighted by atomic mass is 19.1. The van der Waals surface area contributed by atoms with Gasteiger partial charge >= 0.3 is 0 Å². The van der Waals surface area contributed by atoms with Crippen LogP contribution >= 0.6 is 0 Å². The van der Waals surface area contributed by atoms with Crippen molar-refractivity contribution < 1.29 is 9.13 Å². The van der Waals surface area contributed by atoms with Crippen LogP contribution in [-0.2, 0) is 11.2 Å². The minimum atomic E-state index is -0.152. The third kappa shape index (κ3) is 6.15. The van der Waals surface area contributed by atoms with Crippen molar-refractivity contribution in [3.63, 3.8) is 0 Å². The molecule has 2 aromatic carbocycles. The molecule has 0 amide bonds. The zero-order chi connectivity index (χ0) is 19.2. The molecule has 1 heterocycles. The lowest BCUT2D eigenvalue weighted by atomic mass is 9.90. The summed E-state index contributed by atoms with van der Waals surface area (Å²) in [5.41, 5.74) is 3.79. The standard InChI is InChI=1S/C24H32FNO/c1-18(2)27-24(22-8-4-19(3)5-9-22)17-26-14-12-21(13-15-26)16-20-6-10-23(25)11-7-20/h4-11,18,21,24H,12-17H2,1-3H3. The Labute approximate surface area is 163 Å². The molecular formula is C24H32FNO. The van der Waals surface area contributed by atoms with Gasteiger partial charge in [-0.15, -0.1) is 0 Å². The monoisotopic (exact) mass is 369 g/mol. The highest BCUT2D eigenvalue weighted by Gasteiger charge is 2.23. The van der Waals surface area contributed by atoms with Crippen LogP contribution in [-0.4, -0.2) is 30.6 Å². The number of aryl methyl sites for hydroxylation is 1. The molecule has 3 rings (SSSR count). The zero-order valence-electron chi connectivity index (χ0n) is 16.8. The van der Waals surface area contributed by atoms with Crippen LogP contribution in [0.2, 0.25) is 0 Å². The molecule has 0 saturated carbocycles. The van der Waals surface area contributed by atoms with Gasteiger partial charge in [0.25, 0.3) is 0 Å². The topological polar surface area (TPSA) is 12.5 Å². The van der Waals surface area contributed by atoms with Gasteiger partial charge in [0.1, 0.15) is 5.82 Å². The van der Waals surface area contributed by atoms with Crippen molar-refractivity contribution in [3.8, 4) is 0 Å². The average molecular weight is 370 g/mol. The van der Waals surface area contributed by atoms with Crippen molar-refractivity contribution in [2.75, 3.05) is 19.6 Å². The molecular weight excluding hydrogens is 337 g/mol. The minimum absolute atomic E-state index is 0.124. The third-order valence-electron chi connectivity index (χ3n) is 5.45. The summed E-state index contributed by atoms with van der Waals surface area (Å²) in [4.78, 5) is 2.54. The largest absolute Gasteiger partial charge is 0.370 e. The molecule has 0 bridgehead atoms. The molecule has 3 heteroatoms. The fourth-order valence-corrected chi connectivity index (χ4v) is 3.90. The molecule has 2 nitrogen and oxygen atoms in total. The van der Waals surface area contributed by atoms with Crippen molar-refractivity contribution in [1.82, 2.24) is 4.90 Å². The van der Waals surface area contributed by atoms with Gasteiger partial charge in [0.2, 0.25) is 0 Å². The van der Waals surface area contributed by atoms with Gasteiger partial charge in [0, 0.05) is 6.54 Å². The number of benzene rings is 2. The van der Waals surface area contributed by atoms with E-state index in [0.717, 1.165) is 26.1 Å². The number of nitrogens with zero attached hydrogens (tertiary/aromatic N) is 1. The lowest BCUT2D eigenvalue weighted by Gasteiger charge is -2.35. The molecule has 146 valence electrons. The predicted octanol–water partition coefficient (Wildman–Crippen LogP) is 5.55. The van der Waals surface area contributed by atoms with E-state index in [1.807, 2.05) is 12.1 Å². The van der Waals surface area contributed by atoms with Crippen LogP contribution in [0.1, 0.15) is 49.5 Å². The summed E-state index contributed by atoms with van der Waals surface area (Å²) in [5.74, 6) is 0.538. The molecule has 1 unspecified atom stereocenters. The molecule has 2 aromatic rings. The van der Waals surface area contributed by atoms with Gasteiger partial charge in [-0.25, -0.2) is 4.39 Å². The van der Waals surface area contributed by atoms with Crippen LogP contribution in [0.4, 0.5) is 4.39 Å². The van der Waals surface area contributed by atoms with E-state index < -0.39 is 0 Å². The maximum absolute atomic E-state index is 13.1. The van der Waals surface area contributed by atoms with Crippen molar-refractivity contribution >= 4 is 0 Å². The Hall–Kier alpha value is -1.71. The molecule has 0 N–H and O–H groups in total. The molecule has 1 fully saturated rings. The van der Waals surface area contributed by atoms with Gasteiger partial charge in [-0.05, 0) is 82.3 Å². The van der Waals surface area contributed by atoms with E-state index in [4.69, 9.17) is 4.74 Å². The zero-order valence-corrected chi connectivity index (χ0v) is 16.8. The summed E-state index contributed by atoms with van der Waals surface area (Å²) < 4.78 is 19.3. The summed E-state index contributed by atoms with van der Waals surface area (Å²) >= 11 is 0. The lowest BCUT2D eigenvalue weighted by Crippen LogP contribution is -2.38. The number of piperidine rings is 1. The van der Waals surface area contributed by atoms with E-state index in [-0.39, 0.29) is 18.0 Å². The van der Waals surface area contributed by atoms with Crippen LogP contribution in [0.25, 0.3) is 0 Å². The first kappa shape index (κ1) is 20.0. The molecule has 1 aliphatic rings. The van der Waals surface area contributed by atoms with Crippen molar-refractivity contribution in [2.45, 2.75) is 52.2 Å². The molecule has 1 atom stereocenters. The Morgan fingerprint density at radius 2 is 1.63 bits per heavy atom. The first-order valence-corrected chi connectivity index (χ1v) is 10.2. The van der Waals surface area contributed by atoms with Crippen molar-refractivity contribution in [2.24, 2.45) is 5.92 Å². The second kappa shape index (κ2) is 9.48. The van der Waals surface area contributed by atoms with Crippen LogP contribution in [0.15, 0.2) is 48.5 Å². The molecule has 0 aromatic heterocycles. The van der Waals surface area contributed by atoms with E-state index in [9.17, 15) is 4.39 Å². The Kier molecular flexibility index (Phi) is 7.03. The molecule has 27 heavy (non-hydrogen) atoms. The first-order valence-electron chi connectivity index (χ1n) is 10.2. The maximum atomic E-state index is 13.1. The minimum Gasteiger partial charge on any atom is -0.370 e. The smallest absolute Gasteiger partial charge is 0.123 e. The summed E-state index contributed by atoms with van der Waals surface area (Å²) in [7, 11) is 0. The van der Waals surface area contributed by atoms with Gasteiger partial charge in [-0.3, -0.25) is 0 Å². The van der Waals surface area contributed by atoms with E-state index in [1.165, 1.54) is 29.5 Å². The summed E-state index contributed by atoms with van der Waals surface area (Å²) in [5, 5.41) is 0. The molecule has 0 aliphatic carbocycles. The van der Waals surface area contributed by atoms with Gasteiger partial charge < -0.3 is 9.64 Å². The van der Waals surface area contributed by atoms with Gasteiger partial charge in [-0.2, -0.15) is 0 Å². The molecule has 0 radical (unpaired) electrons. The fraction of sp³-hybridized carbons (Fsp3) is 0.500. The number of rotatable bonds is 7. The van der Waals surface area contributed by atoms with E-state index in [0.29, 0.717) is 5.92 Å². The number of likely N-dealkylation sites (tertiary alicyclic amines) is 1. The van der Waals surface area contributed by atoms with Crippen LogP contribution < -0.4 is 0 Å². The maximum Gasteiger partial charge on any atom is 0.123 e. The fourth-order valence-electron chi connectivity index (χ4n) is 3.90. The number of ether oxygens (including phenoxy) is 1. The summed E-state index contributed by atoms with van der Waals surface area (Å²) in [6.45, 7) is 9.50. The lowest BCUT2D eigenvalue weighted by molar-refractivity contribution is -0.0187.